The van der Waals surface area contributed by atoms with E-state index in [2.05, 4.69) is 10.5 Å². The lowest BCUT2D eigenvalue weighted by molar-refractivity contribution is -0.127. The Bertz CT molecular complexity index is 1230. The molecule has 0 spiro atoms. The van der Waals surface area contributed by atoms with Crippen molar-refractivity contribution < 1.29 is 14.3 Å². The third kappa shape index (κ3) is 4.10. The van der Waals surface area contributed by atoms with E-state index in [9.17, 15) is 4.79 Å². The van der Waals surface area contributed by atoms with E-state index in [1.165, 1.54) is 0 Å². The summed E-state index contributed by atoms with van der Waals surface area (Å²) in [6, 6.07) is 25.6. The molecule has 0 aliphatic rings. The maximum Gasteiger partial charge on any atom is 0.280 e. The number of rotatable bonds is 6. The van der Waals surface area contributed by atoms with Crippen molar-refractivity contribution in [1.29, 1.82) is 0 Å². The van der Waals surface area contributed by atoms with Gasteiger partial charge in [0.2, 0.25) is 0 Å². The molecule has 4 aromatic rings. The molecule has 0 aliphatic heterocycles. The Morgan fingerprint density at radius 3 is 2.43 bits per heavy atom. The molecule has 0 radical (unpaired) electrons. The lowest BCUT2D eigenvalue weighted by Crippen LogP contribution is -2.33. The second kappa shape index (κ2) is 8.66. The molecule has 0 bridgehead atoms. The first-order chi connectivity index (χ1) is 14.7. The van der Waals surface area contributed by atoms with Crippen LogP contribution in [0, 0.1) is 0 Å². The lowest BCUT2D eigenvalue weighted by Gasteiger charge is -2.13. The number of ether oxygens (including phenoxy) is 2. The van der Waals surface area contributed by atoms with Crippen LogP contribution < -0.4 is 14.9 Å². The smallest absolute Gasteiger partial charge is 0.280 e. The molecule has 0 saturated carbocycles. The highest BCUT2D eigenvalue weighted by Crippen LogP contribution is 2.26. The predicted molar refractivity (Wildman–Crippen MR) is 120 cm³/mol. The highest BCUT2D eigenvalue weighted by Gasteiger charge is 2.14. The monoisotopic (exact) mass is 398 g/mol. The van der Waals surface area contributed by atoms with E-state index in [-0.39, 0.29) is 5.91 Å². The summed E-state index contributed by atoms with van der Waals surface area (Å²) in [6.07, 6.45) is 0.902. The van der Waals surface area contributed by atoms with Gasteiger partial charge < -0.3 is 9.47 Å². The normalized spacial score (nSPS) is 12.2. The van der Waals surface area contributed by atoms with Crippen molar-refractivity contribution in [3.63, 3.8) is 0 Å². The third-order valence-corrected chi connectivity index (χ3v) is 4.92. The van der Waals surface area contributed by atoms with Gasteiger partial charge in [0.15, 0.2) is 6.10 Å². The molecule has 0 heterocycles. The minimum atomic E-state index is -0.697. The molecule has 0 fully saturated rings. The Kier molecular flexibility index (Phi) is 5.61. The summed E-state index contributed by atoms with van der Waals surface area (Å²) in [5, 5.41) is 8.37. The fourth-order valence-electron chi connectivity index (χ4n) is 3.34. The van der Waals surface area contributed by atoms with Gasteiger partial charge in [-0.1, -0.05) is 60.7 Å². The van der Waals surface area contributed by atoms with Gasteiger partial charge in [0.1, 0.15) is 11.5 Å². The molecule has 150 valence electrons. The Balaban J connectivity index is 1.46. The molecule has 30 heavy (non-hydrogen) atoms. The molecule has 1 N–H and O–H groups in total. The van der Waals surface area contributed by atoms with Gasteiger partial charge in [0, 0.05) is 5.56 Å². The van der Waals surface area contributed by atoms with Crippen molar-refractivity contribution in [1.82, 2.24) is 5.43 Å². The topological polar surface area (TPSA) is 59.9 Å². The number of hydrogen-bond donors (Lipinski definition) is 1. The average molecular weight is 398 g/mol. The number of hydrogen-bond acceptors (Lipinski definition) is 4. The molecular formula is C25H22N2O3. The summed E-state index contributed by atoms with van der Waals surface area (Å²) < 4.78 is 11.2. The minimum Gasteiger partial charge on any atom is -0.496 e. The highest BCUT2D eigenvalue weighted by atomic mass is 16.5. The van der Waals surface area contributed by atoms with E-state index >= 15 is 0 Å². The second-order valence-electron chi connectivity index (χ2n) is 6.91. The maximum atomic E-state index is 12.4. The first kappa shape index (κ1) is 19.5. The number of benzene rings is 4. The summed E-state index contributed by atoms with van der Waals surface area (Å²) in [4.78, 5) is 12.4. The lowest BCUT2D eigenvalue weighted by atomic mass is 10.0. The second-order valence-corrected chi connectivity index (χ2v) is 6.91. The van der Waals surface area contributed by atoms with Gasteiger partial charge in [-0.3, -0.25) is 4.79 Å². The van der Waals surface area contributed by atoms with Crippen LogP contribution in [0.25, 0.3) is 21.5 Å². The van der Waals surface area contributed by atoms with Gasteiger partial charge in [0.25, 0.3) is 5.91 Å². The summed E-state index contributed by atoms with van der Waals surface area (Å²) in [6.45, 7) is 1.69. The van der Waals surface area contributed by atoms with Crippen LogP contribution in [0.2, 0.25) is 0 Å². The molecule has 0 saturated heterocycles. The average Bonchev–Trinajstić information content (AvgIpc) is 2.78. The molecule has 5 nitrogen and oxygen atoms in total. The number of nitrogens with zero attached hydrogens (tertiary/aromatic N) is 1. The van der Waals surface area contributed by atoms with Gasteiger partial charge in [-0.25, -0.2) is 5.43 Å². The van der Waals surface area contributed by atoms with E-state index in [0.29, 0.717) is 11.5 Å². The van der Waals surface area contributed by atoms with Crippen LogP contribution in [-0.4, -0.2) is 25.3 Å². The molecule has 1 atom stereocenters. The summed E-state index contributed by atoms with van der Waals surface area (Å²) in [5.74, 6) is 0.988. The Hall–Kier alpha value is -3.86. The van der Waals surface area contributed by atoms with Crippen LogP contribution in [0.5, 0.6) is 11.5 Å². The van der Waals surface area contributed by atoms with Crippen LogP contribution in [0.15, 0.2) is 84.0 Å². The standard InChI is InChI=1S/C25H22N2O3/c1-17(30-21-13-11-18-7-3-4-9-20(18)15-21)25(28)27-26-16-23-22-10-6-5-8-19(22)12-14-24(23)29-2/h3-17H,1-2H3,(H,27,28)/b26-16-/t17-/m0/s1. The summed E-state index contributed by atoms with van der Waals surface area (Å²) in [5.41, 5.74) is 3.36. The molecule has 4 aromatic carbocycles. The number of fused-ring (bicyclic) bond motifs is 2. The summed E-state index contributed by atoms with van der Waals surface area (Å²) in [7, 11) is 1.61. The number of carbonyl (C=O) groups is 1. The molecule has 4 rings (SSSR count). The number of methoxy groups -OCH3 is 1. The number of hydrazone groups is 1. The minimum absolute atomic E-state index is 0.335. The Morgan fingerprint density at radius 1 is 0.933 bits per heavy atom. The van der Waals surface area contributed by atoms with Gasteiger partial charge in [-0.2, -0.15) is 5.10 Å². The zero-order chi connectivity index (χ0) is 20.9. The first-order valence-electron chi connectivity index (χ1n) is 9.70. The molecular weight excluding hydrogens is 376 g/mol. The van der Waals surface area contributed by atoms with Crippen molar-refractivity contribution >= 4 is 33.7 Å². The fourth-order valence-corrected chi connectivity index (χ4v) is 3.34. The van der Waals surface area contributed by atoms with Crippen molar-refractivity contribution in [2.75, 3.05) is 7.11 Å². The highest BCUT2D eigenvalue weighted by molar-refractivity contribution is 6.02. The first-order valence-corrected chi connectivity index (χ1v) is 9.70. The maximum absolute atomic E-state index is 12.4. The van der Waals surface area contributed by atoms with Gasteiger partial charge in [0.05, 0.1) is 13.3 Å². The van der Waals surface area contributed by atoms with E-state index in [1.54, 1.807) is 20.2 Å². The van der Waals surface area contributed by atoms with Crippen molar-refractivity contribution in [2.24, 2.45) is 5.10 Å². The van der Waals surface area contributed by atoms with E-state index in [0.717, 1.165) is 27.1 Å². The van der Waals surface area contributed by atoms with E-state index < -0.39 is 6.10 Å². The van der Waals surface area contributed by atoms with Crippen LogP contribution in [-0.2, 0) is 4.79 Å². The van der Waals surface area contributed by atoms with Crippen LogP contribution >= 0.6 is 0 Å². The van der Waals surface area contributed by atoms with Gasteiger partial charge in [-0.15, -0.1) is 0 Å². The van der Waals surface area contributed by atoms with Crippen LogP contribution in [0.4, 0.5) is 0 Å². The number of amides is 1. The Labute approximate surface area is 174 Å². The fraction of sp³-hybridized carbons (Fsp3) is 0.120. The SMILES string of the molecule is COc1ccc2ccccc2c1/C=N\NC(=O)[C@H](C)Oc1ccc2ccccc2c1. The quantitative estimate of drug-likeness (QED) is 0.370. The molecule has 5 heteroatoms. The molecule has 1 amide bonds. The van der Waals surface area contributed by atoms with Crippen molar-refractivity contribution in [2.45, 2.75) is 13.0 Å². The number of carbonyl (C=O) groups excluding carboxylic acids is 1. The molecule has 0 aromatic heterocycles. The largest absolute Gasteiger partial charge is 0.496 e. The van der Waals surface area contributed by atoms with Gasteiger partial charge >= 0.3 is 0 Å². The van der Waals surface area contributed by atoms with E-state index in [4.69, 9.17) is 9.47 Å². The third-order valence-electron chi connectivity index (χ3n) is 4.92. The van der Waals surface area contributed by atoms with Gasteiger partial charge in [-0.05, 0) is 46.7 Å². The van der Waals surface area contributed by atoms with E-state index in [1.807, 2.05) is 78.9 Å². The molecule has 0 unspecified atom stereocenters. The zero-order valence-corrected chi connectivity index (χ0v) is 16.8. The summed E-state index contributed by atoms with van der Waals surface area (Å²) >= 11 is 0. The van der Waals surface area contributed by atoms with Crippen LogP contribution in [0.1, 0.15) is 12.5 Å². The predicted octanol–water partition coefficient (Wildman–Crippen LogP) is 4.92. The molecule has 0 aliphatic carbocycles. The Morgan fingerprint density at radius 2 is 1.63 bits per heavy atom. The number of nitrogens with one attached hydrogen (secondary N) is 1. The van der Waals surface area contributed by atoms with Crippen molar-refractivity contribution in [3.8, 4) is 11.5 Å². The zero-order valence-electron chi connectivity index (χ0n) is 16.8. The van der Waals surface area contributed by atoms with Crippen LogP contribution in [0.3, 0.4) is 0 Å². The van der Waals surface area contributed by atoms with Crippen molar-refractivity contribution in [3.05, 3.63) is 84.4 Å².